The van der Waals surface area contributed by atoms with Gasteiger partial charge >= 0.3 is 0 Å². The van der Waals surface area contributed by atoms with Crippen molar-refractivity contribution < 1.29 is 22.7 Å². The molecular weight excluding hydrogens is 454 g/mol. The minimum absolute atomic E-state index is 0.00969. The SMILES string of the molecule is COc1ccc(N(CC(=O)Nc2cccc(C(N)=O)c2)S(=O)(=O)c2ccccc2)cc1Cl. The molecule has 0 atom stereocenters. The predicted octanol–water partition coefficient (Wildman–Crippen LogP) is 3.28. The maximum Gasteiger partial charge on any atom is 0.264 e. The van der Waals surface area contributed by atoms with E-state index in [9.17, 15) is 18.0 Å². The van der Waals surface area contributed by atoms with Crippen LogP contribution in [-0.4, -0.2) is 33.9 Å². The average Bonchev–Trinajstić information content (AvgIpc) is 2.78. The van der Waals surface area contributed by atoms with Crippen molar-refractivity contribution in [1.82, 2.24) is 0 Å². The van der Waals surface area contributed by atoms with Gasteiger partial charge in [-0.3, -0.25) is 13.9 Å². The Labute approximate surface area is 190 Å². The largest absolute Gasteiger partial charge is 0.495 e. The Morgan fingerprint density at radius 3 is 2.38 bits per heavy atom. The lowest BCUT2D eigenvalue weighted by Crippen LogP contribution is -2.38. The summed E-state index contributed by atoms with van der Waals surface area (Å²) in [5.74, 6) is -0.916. The lowest BCUT2D eigenvalue weighted by atomic mass is 10.2. The van der Waals surface area contributed by atoms with E-state index in [-0.39, 0.29) is 21.2 Å². The van der Waals surface area contributed by atoms with Crippen molar-refractivity contribution in [1.29, 1.82) is 0 Å². The summed E-state index contributed by atoms with van der Waals surface area (Å²) >= 11 is 6.19. The third kappa shape index (κ3) is 5.19. The first kappa shape index (κ1) is 23.1. The molecule has 0 bridgehead atoms. The number of hydrogen-bond acceptors (Lipinski definition) is 5. The summed E-state index contributed by atoms with van der Waals surface area (Å²) in [4.78, 5) is 24.2. The van der Waals surface area contributed by atoms with Gasteiger partial charge in [-0.15, -0.1) is 0 Å². The molecule has 0 spiro atoms. The molecule has 0 saturated carbocycles. The second kappa shape index (κ2) is 9.71. The van der Waals surface area contributed by atoms with Crippen molar-refractivity contribution in [2.75, 3.05) is 23.3 Å². The number of nitrogens with two attached hydrogens (primary N) is 1. The molecule has 10 heteroatoms. The van der Waals surface area contributed by atoms with Gasteiger partial charge in [0.1, 0.15) is 12.3 Å². The van der Waals surface area contributed by atoms with Crippen molar-refractivity contribution in [2.45, 2.75) is 4.90 Å². The van der Waals surface area contributed by atoms with E-state index in [0.29, 0.717) is 11.4 Å². The quantitative estimate of drug-likeness (QED) is 0.520. The molecule has 0 aliphatic carbocycles. The monoisotopic (exact) mass is 473 g/mol. The van der Waals surface area contributed by atoms with Gasteiger partial charge in [-0.25, -0.2) is 8.42 Å². The van der Waals surface area contributed by atoms with Crippen LogP contribution in [0.25, 0.3) is 0 Å². The lowest BCUT2D eigenvalue weighted by molar-refractivity contribution is -0.114. The highest BCUT2D eigenvalue weighted by molar-refractivity contribution is 7.92. The summed E-state index contributed by atoms with van der Waals surface area (Å²) < 4.78 is 32.7. The number of benzene rings is 3. The zero-order valence-corrected chi connectivity index (χ0v) is 18.6. The van der Waals surface area contributed by atoms with Gasteiger partial charge in [0.05, 0.1) is 22.7 Å². The van der Waals surface area contributed by atoms with Gasteiger partial charge in [-0.1, -0.05) is 35.9 Å². The summed E-state index contributed by atoms with van der Waals surface area (Å²) in [6, 6.07) is 18.2. The van der Waals surface area contributed by atoms with E-state index < -0.39 is 28.4 Å². The summed E-state index contributed by atoms with van der Waals surface area (Å²) in [5, 5.41) is 2.78. The zero-order chi connectivity index (χ0) is 23.3. The van der Waals surface area contributed by atoms with E-state index in [1.54, 1.807) is 30.3 Å². The van der Waals surface area contributed by atoms with Gasteiger partial charge in [0.15, 0.2) is 0 Å². The lowest BCUT2D eigenvalue weighted by Gasteiger charge is -2.24. The van der Waals surface area contributed by atoms with E-state index in [1.807, 2.05) is 0 Å². The molecule has 2 amide bonds. The minimum Gasteiger partial charge on any atom is -0.495 e. The number of rotatable bonds is 8. The molecular formula is C22H20ClN3O5S. The highest BCUT2D eigenvalue weighted by Gasteiger charge is 2.27. The Balaban J connectivity index is 1.96. The van der Waals surface area contributed by atoms with E-state index >= 15 is 0 Å². The molecule has 0 fully saturated rings. The van der Waals surface area contributed by atoms with Crippen LogP contribution in [0.15, 0.2) is 77.7 Å². The Bertz CT molecular complexity index is 1250. The summed E-state index contributed by atoms with van der Waals surface area (Å²) in [5.41, 5.74) is 5.96. The molecule has 0 aliphatic heterocycles. The molecule has 3 rings (SSSR count). The van der Waals surface area contributed by atoms with E-state index in [1.165, 1.54) is 49.6 Å². The number of carbonyl (C=O) groups excluding carboxylic acids is 2. The van der Waals surface area contributed by atoms with Gasteiger partial charge in [-0.05, 0) is 48.5 Å². The molecule has 0 aliphatic rings. The molecule has 3 aromatic carbocycles. The first-order chi connectivity index (χ1) is 15.2. The third-order valence-corrected chi connectivity index (χ3v) is 6.56. The van der Waals surface area contributed by atoms with Crippen LogP contribution in [0.5, 0.6) is 5.75 Å². The van der Waals surface area contributed by atoms with E-state index in [2.05, 4.69) is 5.32 Å². The van der Waals surface area contributed by atoms with Crippen molar-refractivity contribution in [3.63, 3.8) is 0 Å². The molecule has 0 radical (unpaired) electrons. The number of primary amides is 1. The predicted molar refractivity (Wildman–Crippen MR) is 123 cm³/mol. The van der Waals surface area contributed by atoms with Crippen LogP contribution in [0, 0.1) is 0 Å². The number of ether oxygens (including phenoxy) is 1. The van der Waals surface area contributed by atoms with Gasteiger partial charge in [-0.2, -0.15) is 0 Å². The topological polar surface area (TPSA) is 119 Å². The van der Waals surface area contributed by atoms with Crippen LogP contribution in [0.2, 0.25) is 5.02 Å². The van der Waals surface area contributed by atoms with Crippen molar-refractivity contribution in [3.8, 4) is 5.75 Å². The Kier molecular flexibility index (Phi) is 7.01. The van der Waals surface area contributed by atoms with Crippen LogP contribution in [0.3, 0.4) is 0 Å². The Morgan fingerprint density at radius 2 is 1.75 bits per heavy atom. The normalized spacial score (nSPS) is 10.9. The van der Waals surface area contributed by atoms with Crippen LogP contribution in [0.1, 0.15) is 10.4 Å². The second-order valence-corrected chi connectivity index (χ2v) is 8.91. The van der Waals surface area contributed by atoms with Gasteiger partial charge in [0.2, 0.25) is 11.8 Å². The number of anilines is 2. The highest BCUT2D eigenvalue weighted by atomic mass is 35.5. The minimum atomic E-state index is -4.10. The van der Waals surface area contributed by atoms with E-state index in [4.69, 9.17) is 22.1 Å². The molecule has 3 aromatic rings. The maximum atomic E-state index is 13.3. The molecule has 0 aromatic heterocycles. The fourth-order valence-electron chi connectivity index (χ4n) is 2.93. The fraction of sp³-hybridized carbons (Fsp3) is 0.0909. The Morgan fingerprint density at radius 1 is 1.03 bits per heavy atom. The third-order valence-electron chi connectivity index (χ3n) is 4.47. The van der Waals surface area contributed by atoms with E-state index in [0.717, 1.165) is 4.31 Å². The molecule has 32 heavy (non-hydrogen) atoms. The van der Waals surface area contributed by atoms with Crippen molar-refractivity contribution >= 4 is 44.8 Å². The van der Waals surface area contributed by atoms with Crippen molar-refractivity contribution in [3.05, 3.63) is 83.4 Å². The molecule has 0 saturated heterocycles. The zero-order valence-electron chi connectivity index (χ0n) is 17.0. The number of amides is 2. The Hall–Kier alpha value is -3.56. The number of methoxy groups -OCH3 is 1. The fourth-order valence-corrected chi connectivity index (χ4v) is 4.61. The molecule has 0 unspecified atom stereocenters. The van der Waals surface area contributed by atoms with Gasteiger partial charge in [0, 0.05) is 11.3 Å². The van der Waals surface area contributed by atoms with Crippen LogP contribution < -0.4 is 20.1 Å². The highest BCUT2D eigenvalue weighted by Crippen LogP contribution is 2.32. The van der Waals surface area contributed by atoms with Crippen molar-refractivity contribution in [2.24, 2.45) is 5.73 Å². The van der Waals surface area contributed by atoms with Crippen LogP contribution >= 0.6 is 11.6 Å². The second-order valence-electron chi connectivity index (χ2n) is 6.64. The maximum absolute atomic E-state index is 13.3. The summed E-state index contributed by atoms with van der Waals surface area (Å²) in [7, 11) is -2.66. The first-order valence-electron chi connectivity index (χ1n) is 9.33. The number of nitrogens with zero attached hydrogens (tertiary/aromatic N) is 1. The first-order valence-corrected chi connectivity index (χ1v) is 11.1. The number of sulfonamides is 1. The number of nitrogens with one attached hydrogen (secondary N) is 1. The van der Waals surface area contributed by atoms with Gasteiger partial charge < -0.3 is 15.8 Å². The van der Waals surface area contributed by atoms with Crippen LogP contribution in [0.4, 0.5) is 11.4 Å². The number of hydrogen-bond donors (Lipinski definition) is 2. The van der Waals surface area contributed by atoms with Gasteiger partial charge in [0.25, 0.3) is 10.0 Å². The summed E-state index contributed by atoms with van der Waals surface area (Å²) in [6.07, 6.45) is 0. The smallest absolute Gasteiger partial charge is 0.264 e. The molecule has 3 N–H and O–H groups in total. The molecule has 166 valence electrons. The number of carbonyl (C=O) groups is 2. The summed E-state index contributed by atoms with van der Waals surface area (Å²) in [6.45, 7) is -0.541. The molecule has 0 heterocycles. The average molecular weight is 474 g/mol. The standard InChI is InChI=1S/C22H20ClN3O5S/c1-31-20-11-10-17(13-19(20)23)26(32(29,30)18-8-3-2-4-9-18)14-21(27)25-16-7-5-6-15(12-16)22(24)28/h2-13H,14H2,1H3,(H2,24,28)(H,25,27). The molecule has 8 nitrogen and oxygen atoms in total. The number of halogens is 1. The van der Waals surface area contributed by atoms with Crippen LogP contribution in [-0.2, 0) is 14.8 Å².